The fourth-order valence-corrected chi connectivity index (χ4v) is 1.12. The van der Waals surface area contributed by atoms with Gasteiger partial charge in [0.15, 0.2) is 0 Å². The van der Waals surface area contributed by atoms with E-state index in [1.165, 1.54) is 18.7 Å². The van der Waals surface area contributed by atoms with Gasteiger partial charge in [-0.3, -0.25) is 10.1 Å². The first kappa shape index (κ1) is 17.2. The van der Waals surface area contributed by atoms with Gasteiger partial charge in [-0.05, 0) is 34.1 Å². The quantitative estimate of drug-likeness (QED) is 0.762. The standard InChI is InChI=1S/C13H22N2O4/c1-7-13(4,5)15(6)12(19)14-10(16)8(2)9(3)11(17)18/h7H2,1-6H3,(H,17,18)(H,14,16,19). The predicted molar refractivity (Wildman–Crippen MR) is 71.7 cm³/mol. The lowest BCUT2D eigenvalue weighted by atomic mass is 10.0. The van der Waals surface area contributed by atoms with E-state index < -0.39 is 17.9 Å². The summed E-state index contributed by atoms with van der Waals surface area (Å²) in [5.41, 5.74) is -0.449. The molecular formula is C13H22N2O4. The van der Waals surface area contributed by atoms with Gasteiger partial charge in [-0.2, -0.15) is 0 Å². The minimum absolute atomic E-state index is 0.0172. The summed E-state index contributed by atoms with van der Waals surface area (Å²) < 4.78 is 0. The number of imide groups is 1. The first-order valence-electron chi connectivity index (χ1n) is 6.04. The third-order valence-electron chi connectivity index (χ3n) is 3.52. The summed E-state index contributed by atoms with van der Waals surface area (Å²) in [6, 6.07) is -0.547. The molecule has 108 valence electrons. The van der Waals surface area contributed by atoms with E-state index in [9.17, 15) is 14.4 Å². The highest BCUT2D eigenvalue weighted by Crippen LogP contribution is 2.16. The molecule has 0 rings (SSSR count). The molecule has 0 aliphatic heterocycles. The molecule has 0 saturated heterocycles. The van der Waals surface area contributed by atoms with E-state index in [1.54, 1.807) is 7.05 Å². The van der Waals surface area contributed by atoms with E-state index >= 15 is 0 Å². The number of hydrogen-bond acceptors (Lipinski definition) is 3. The Morgan fingerprint density at radius 3 is 2.00 bits per heavy atom. The molecule has 0 aromatic rings. The number of carbonyl (C=O) groups excluding carboxylic acids is 2. The summed E-state index contributed by atoms with van der Waals surface area (Å²) in [5, 5.41) is 11.0. The molecule has 6 nitrogen and oxygen atoms in total. The van der Waals surface area contributed by atoms with E-state index in [0.717, 1.165) is 6.42 Å². The first-order chi connectivity index (χ1) is 8.54. The summed E-state index contributed by atoms with van der Waals surface area (Å²) >= 11 is 0. The van der Waals surface area contributed by atoms with Gasteiger partial charge in [-0.1, -0.05) is 6.92 Å². The highest BCUT2D eigenvalue weighted by molar-refractivity contribution is 6.07. The summed E-state index contributed by atoms with van der Waals surface area (Å²) in [5.74, 6) is -1.87. The first-order valence-corrected chi connectivity index (χ1v) is 6.04. The van der Waals surface area contributed by atoms with Crippen molar-refractivity contribution in [1.82, 2.24) is 10.2 Å². The Kier molecular flexibility index (Phi) is 5.74. The molecule has 6 heteroatoms. The molecule has 0 aliphatic carbocycles. The lowest BCUT2D eigenvalue weighted by molar-refractivity contribution is -0.133. The van der Waals surface area contributed by atoms with Crippen molar-refractivity contribution in [2.75, 3.05) is 7.05 Å². The molecule has 0 aromatic carbocycles. The molecule has 0 spiro atoms. The van der Waals surface area contributed by atoms with Crippen LogP contribution in [0.2, 0.25) is 0 Å². The molecule has 0 saturated carbocycles. The summed E-state index contributed by atoms with van der Waals surface area (Å²) in [6.45, 7) is 8.38. The molecule has 3 amide bonds. The number of hydrogen-bond donors (Lipinski definition) is 2. The van der Waals surface area contributed by atoms with Gasteiger partial charge in [-0.15, -0.1) is 0 Å². The van der Waals surface area contributed by atoms with E-state index in [1.807, 2.05) is 20.8 Å². The maximum absolute atomic E-state index is 11.9. The molecule has 0 bridgehead atoms. The lowest BCUT2D eigenvalue weighted by Gasteiger charge is -2.34. The molecule has 0 heterocycles. The van der Waals surface area contributed by atoms with Crippen LogP contribution in [0.4, 0.5) is 4.79 Å². The van der Waals surface area contributed by atoms with Crippen LogP contribution in [0.5, 0.6) is 0 Å². The Labute approximate surface area is 113 Å². The highest BCUT2D eigenvalue weighted by atomic mass is 16.4. The van der Waals surface area contributed by atoms with Crippen LogP contribution < -0.4 is 5.32 Å². The van der Waals surface area contributed by atoms with Gasteiger partial charge in [-0.25, -0.2) is 9.59 Å². The number of nitrogens with one attached hydrogen (secondary N) is 1. The van der Waals surface area contributed by atoms with Gasteiger partial charge in [0.25, 0.3) is 5.91 Å². The Bertz CT molecular complexity index is 424. The van der Waals surface area contributed by atoms with Gasteiger partial charge in [0.1, 0.15) is 0 Å². The van der Waals surface area contributed by atoms with Crippen molar-refractivity contribution < 1.29 is 19.5 Å². The number of amides is 3. The molecule has 0 fully saturated rings. The fourth-order valence-electron chi connectivity index (χ4n) is 1.12. The summed E-state index contributed by atoms with van der Waals surface area (Å²) in [4.78, 5) is 35.8. The van der Waals surface area contributed by atoms with Crippen LogP contribution in [0.3, 0.4) is 0 Å². The molecule has 0 atom stereocenters. The average molecular weight is 270 g/mol. The number of urea groups is 1. The van der Waals surface area contributed by atoms with Crippen molar-refractivity contribution in [3.05, 3.63) is 11.1 Å². The summed E-state index contributed by atoms with van der Waals surface area (Å²) in [7, 11) is 1.59. The van der Waals surface area contributed by atoms with Gasteiger partial charge in [0.2, 0.25) is 0 Å². The Morgan fingerprint density at radius 2 is 1.63 bits per heavy atom. The number of carboxylic acids is 1. The predicted octanol–water partition coefficient (Wildman–Crippen LogP) is 1.76. The molecule has 0 radical (unpaired) electrons. The smallest absolute Gasteiger partial charge is 0.331 e. The number of carbonyl (C=O) groups is 3. The van der Waals surface area contributed by atoms with Crippen LogP contribution in [0.25, 0.3) is 0 Å². The van der Waals surface area contributed by atoms with Crippen molar-refractivity contribution >= 4 is 17.9 Å². The maximum atomic E-state index is 11.9. The molecule has 19 heavy (non-hydrogen) atoms. The van der Waals surface area contributed by atoms with Crippen molar-refractivity contribution in [2.24, 2.45) is 0 Å². The Hall–Kier alpha value is -1.85. The van der Waals surface area contributed by atoms with Gasteiger partial charge in [0, 0.05) is 23.7 Å². The molecule has 0 aromatic heterocycles. The topological polar surface area (TPSA) is 86.7 Å². The second-order valence-corrected chi connectivity index (χ2v) is 5.04. The summed E-state index contributed by atoms with van der Waals surface area (Å²) in [6.07, 6.45) is 0.730. The minimum Gasteiger partial charge on any atom is -0.478 e. The van der Waals surface area contributed by atoms with Crippen LogP contribution in [0.1, 0.15) is 41.0 Å². The Morgan fingerprint density at radius 1 is 1.16 bits per heavy atom. The van der Waals surface area contributed by atoms with Crippen LogP contribution in [0, 0.1) is 0 Å². The Balaban J connectivity index is 4.90. The zero-order valence-electron chi connectivity index (χ0n) is 12.3. The second-order valence-electron chi connectivity index (χ2n) is 5.04. The number of aliphatic carboxylic acids is 1. The van der Waals surface area contributed by atoms with Crippen LogP contribution in [0.15, 0.2) is 11.1 Å². The molecule has 2 N–H and O–H groups in total. The van der Waals surface area contributed by atoms with Crippen molar-refractivity contribution in [2.45, 2.75) is 46.6 Å². The normalized spacial score (nSPS) is 12.5. The fraction of sp³-hybridized carbons (Fsp3) is 0.615. The number of rotatable bonds is 4. The molecule has 0 aliphatic rings. The maximum Gasteiger partial charge on any atom is 0.331 e. The van der Waals surface area contributed by atoms with Crippen molar-refractivity contribution in [3.63, 3.8) is 0 Å². The van der Waals surface area contributed by atoms with Crippen LogP contribution in [-0.2, 0) is 9.59 Å². The largest absolute Gasteiger partial charge is 0.478 e. The van der Waals surface area contributed by atoms with Gasteiger partial charge < -0.3 is 10.0 Å². The highest BCUT2D eigenvalue weighted by Gasteiger charge is 2.27. The van der Waals surface area contributed by atoms with Crippen LogP contribution in [-0.4, -0.2) is 40.5 Å². The number of nitrogens with zero attached hydrogens (tertiary/aromatic N) is 1. The SMILES string of the molecule is CCC(C)(C)N(C)C(=O)NC(=O)C(C)=C(C)C(=O)O. The van der Waals surface area contributed by atoms with E-state index in [0.29, 0.717) is 0 Å². The van der Waals surface area contributed by atoms with E-state index in [4.69, 9.17) is 5.11 Å². The van der Waals surface area contributed by atoms with Crippen LogP contribution >= 0.6 is 0 Å². The monoisotopic (exact) mass is 270 g/mol. The van der Waals surface area contributed by atoms with Crippen molar-refractivity contribution in [3.8, 4) is 0 Å². The minimum atomic E-state index is -1.18. The van der Waals surface area contributed by atoms with Crippen molar-refractivity contribution in [1.29, 1.82) is 0 Å². The average Bonchev–Trinajstić information content (AvgIpc) is 2.35. The lowest BCUT2D eigenvalue weighted by Crippen LogP contribution is -2.50. The third-order valence-corrected chi connectivity index (χ3v) is 3.52. The van der Waals surface area contributed by atoms with Gasteiger partial charge in [0.05, 0.1) is 0 Å². The van der Waals surface area contributed by atoms with E-state index in [-0.39, 0.29) is 16.7 Å². The van der Waals surface area contributed by atoms with E-state index in [2.05, 4.69) is 5.32 Å². The van der Waals surface area contributed by atoms with Gasteiger partial charge >= 0.3 is 12.0 Å². The second kappa shape index (κ2) is 6.36. The molecule has 0 unspecified atom stereocenters. The zero-order valence-corrected chi connectivity index (χ0v) is 12.3. The third kappa shape index (κ3) is 4.39. The number of carboxylic acid groups (broad SMARTS) is 1. The molecular weight excluding hydrogens is 248 g/mol. The zero-order chi connectivity index (χ0) is 15.4.